The topological polar surface area (TPSA) is 50.7 Å². The van der Waals surface area contributed by atoms with Crippen molar-refractivity contribution in [3.05, 3.63) is 35.5 Å². The van der Waals surface area contributed by atoms with Crippen molar-refractivity contribution >= 4 is 17.8 Å². The van der Waals surface area contributed by atoms with Crippen molar-refractivity contribution in [1.82, 2.24) is 5.32 Å². The number of amidine groups is 1. The van der Waals surface area contributed by atoms with Crippen molar-refractivity contribution in [2.75, 3.05) is 7.11 Å². The molecule has 0 saturated carbocycles. The summed E-state index contributed by atoms with van der Waals surface area (Å²) in [5.74, 6) is 1.16. The Morgan fingerprint density at radius 2 is 2.12 bits per heavy atom. The van der Waals surface area contributed by atoms with Gasteiger partial charge < -0.3 is 10.1 Å². The Balaban J connectivity index is 2.39. The molecule has 1 aromatic carbocycles. The molecule has 2 rings (SSSR count). The second-order valence-corrected chi connectivity index (χ2v) is 3.42. The molecule has 0 unspecified atom stereocenters. The number of amides is 1. The zero-order chi connectivity index (χ0) is 11.5. The summed E-state index contributed by atoms with van der Waals surface area (Å²) in [7, 11) is 1.60. The van der Waals surface area contributed by atoms with Crippen molar-refractivity contribution in [3.63, 3.8) is 0 Å². The van der Waals surface area contributed by atoms with Gasteiger partial charge in [-0.1, -0.05) is 18.2 Å². The van der Waals surface area contributed by atoms with Gasteiger partial charge in [-0.2, -0.15) is 0 Å². The Labute approximate surface area is 93.6 Å². The molecule has 0 saturated heterocycles. The molecule has 16 heavy (non-hydrogen) atoms. The van der Waals surface area contributed by atoms with Crippen molar-refractivity contribution in [2.45, 2.75) is 6.92 Å². The number of para-hydroxylation sites is 1. The molecule has 1 aliphatic rings. The van der Waals surface area contributed by atoms with Gasteiger partial charge >= 0.3 is 0 Å². The number of rotatable bonds is 2. The highest BCUT2D eigenvalue weighted by Gasteiger charge is 2.17. The lowest BCUT2D eigenvalue weighted by molar-refractivity contribution is -0.115. The van der Waals surface area contributed by atoms with Crippen molar-refractivity contribution in [2.24, 2.45) is 4.99 Å². The van der Waals surface area contributed by atoms with Crippen LogP contribution in [0.25, 0.3) is 6.08 Å². The van der Waals surface area contributed by atoms with Crippen LogP contribution in [0.2, 0.25) is 0 Å². The molecule has 0 spiro atoms. The largest absolute Gasteiger partial charge is 0.496 e. The van der Waals surface area contributed by atoms with Gasteiger partial charge in [-0.15, -0.1) is 0 Å². The molecule has 0 radical (unpaired) electrons. The van der Waals surface area contributed by atoms with Gasteiger partial charge in [0.05, 0.1) is 7.11 Å². The number of methoxy groups -OCH3 is 1. The Morgan fingerprint density at radius 3 is 2.75 bits per heavy atom. The van der Waals surface area contributed by atoms with Crippen LogP contribution in [0, 0.1) is 0 Å². The number of carbonyl (C=O) groups is 1. The average molecular weight is 216 g/mol. The number of ether oxygens (including phenoxy) is 1. The predicted molar refractivity (Wildman–Crippen MR) is 62.2 cm³/mol. The van der Waals surface area contributed by atoms with E-state index in [2.05, 4.69) is 10.3 Å². The van der Waals surface area contributed by atoms with Gasteiger partial charge in [-0.3, -0.25) is 4.79 Å². The van der Waals surface area contributed by atoms with Gasteiger partial charge in [0.2, 0.25) is 0 Å². The van der Waals surface area contributed by atoms with Crippen LogP contribution in [0.1, 0.15) is 12.5 Å². The van der Waals surface area contributed by atoms with Crippen LogP contribution in [0.4, 0.5) is 0 Å². The van der Waals surface area contributed by atoms with E-state index in [0.29, 0.717) is 11.5 Å². The fraction of sp³-hybridized carbons (Fsp3) is 0.167. The molecule has 1 N–H and O–H groups in total. The molecule has 0 fully saturated rings. The minimum atomic E-state index is -0.177. The third-order valence-electron chi connectivity index (χ3n) is 2.25. The molecule has 4 heteroatoms. The minimum absolute atomic E-state index is 0.177. The van der Waals surface area contributed by atoms with E-state index in [9.17, 15) is 4.79 Å². The Hall–Kier alpha value is -2.10. The molecule has 0 atom stereocenters. The van der Waals surface area contributed by atoms with Gasteiger partial charge in [-0.05, 0) is 19.1 Å². The maximum atomic E-state index is 11.5. The zero-order valence-electron chi connectivity index (χ0n) is 9.15. The monoisotopic (exact) mass is 216 g/mol. The summed E-state index contributed by atoms with van der Waals surface area (Å²) in [4.78, 5) is 15.6. The van der Waals surface area contributed by atoms with Crippen molar-refractivity contribution in [1.29, 1.82) is 0 Å². The molecule has 1 amide bonds. The zero-order valence-corrected chi connectivity index (χ0v) is 9.15. The fourth-order valence-corrected chi connectivity index (χ4v) is 1.52. The van der Waals surface area contributed by atoms with Crippen LogP contribution < -0.4 is 10.1 Å². The van der Waals surface area contributed by atoms with Crippen molar-refractivity contribution in [3.8, 4) is 5.75 Å². The van der Waals surface area contributed by atoms with Gasteiger partial charge in [0.15, 0.2) is 0 Å². The maximum Gasteiger partial charge on any atom is 0.275 e. The molecule has 82 valence electrons. The van der Waals surface area contributed by atoms with E-state index in [-0.39, 0.29) is 5.91 Å². The van der Waals surface area contributed by atoms with Gasteiger partial charge in [0.25, 0.3) is 5.91 Å². The summed E-state index contributed by atoms with van der Waals surface area (Å²) in [5.41, 5.74) is 1.25. The highest BCUT2D eigenvalue weighted by molar-refractivity contribution is 6.13. The van der Waals surface area contributed by atoms with E-state index in [1.807, 2.05) is 24.3 Å². The van der Waals surface area contributed by atoms with Crippen LogP contribution in [0.3, 0.4) is 0 Å². The van der Waals surface area contributed by atoms with E-state index in [1.165, 1.54) is 0 Å². The number of nitrogens with one attached hydrogen (secondary N) is 1. The first kappa shape index (κ1) is 10.4. The summed E-state index contributed by atoms with van der Waals surface area (Å²) >= 11 is 0. The second kappa shape index (κ2) is 4.18. The molecule has 0 aliphatic carbocycles. The maximum absolute atomic E-state index is 11.5. The lowest BCUT2D eigenvalue weighted by atomic mass is 10.1. The summed E-state index contributed by atoms with van der Waals surface area (Å²) in [6.45, 7) is 1.75. The molecule has 1 aromatic rings. The summed E-state index contributed by atoms with van der Waals surface area (Å²) in [5, 5.41) is 2.63. The summed E-state index contributed by atoms with van der Waals surface area (Å²) in [6.07, 6.45) is 1.71. The first-order valence-corrected chi connectivity index (χ1v) is 4.92. The van der Waals surface area contributed by atoms with Gasteiger partial charge in [-0.25, -0.2) is 4.99 Å². The number of carbonyl (C=O) groups excluding carboxylic acids is 1. The molecule has 1 aliphatic heterocycles. The van der Waals surface area contributed by atoms with Crippen molar-refractivity contribution < 1.29 is 9.53 Å². The Bertz CT molecular complexity index is 490. The molecule has 4 nitrogen and oxygen atoms in total. The standard InChI is InChI=1S/C12H12N2O2/c1-8-13-10(12(15)14-8)7-9-5-3-4-6-11(9)16-2/h3-7H,1-2H3,(H,13,14,15)/b10-7+. The highest BCUT2D eigenvalue weighted by atomic mass is 16.5. The lowest BCUT2D eigenvalue weighted by Gasteiger charge is -2.03. The Kier molecular flexibility index (Phi) is 2.72. The number of hydrogen-bond donors (Lipinski definition) is 1. The van der Waals surface area contributed by atoms with Crippen LogP contribution >= 0.6 is 0 Å². The molecule has 1 heterocycles. The molecular weight excluding hydrogens is 204 g/mol. The second-order valence-electron chi connectivity index (χ2n) is 3.42. The van der Waals surface area contributed by atoms with E-state index < -0.39 is 0 Å². The van der Waals surface area contributed by atoms with Crippen LogP contribution in [-0.2, 0) is 4.79 Å². The number of benzene rings is 1. The summed E-state index contributed by atoms with van der Waals surface area (Å²) < 4.78 is 5.19. The Morgan fingerprint density at radius 1 is 1.38 bits per heavy atom. The van der Waals surface area contributed by atoms with E-state index in [4.69, 9.17) is 4.74 Å². The normalized spacial score (nSPS) is 17.2. The highest BCUT2D eigenvalue weighted by Crippen LogP contribution is 2.21. The first-order valence-electron chi connectivity index (χ1n) is 4.92. The van der Waals surface area contributed by atoms with E-state index >= 15 is 0 Å². The minimum Gasteiger partial charge on any atom is -0.496 e. The van der Waals surface area contributed by atoms with E-state index in [0.717, 1.165) is 11.3 Å². The molecular formula is C12H12N2O2. The fourth-order valence-electron chi connectivity index (χ4n) is 1.52. The lowest BCUT2D eigenvalue weighted by Crippen LogP contribution is -2.21. The van der Waals surface area contributed by atoms with Gasteiger partial charge in [0.1, 0.15) is 17.3 Å². The van der Waals surface area contributed by atoms with Gasteiger partial charge in [0, 0.05) is 5.56 Å². The summed E-state index contributed by atoms with van der Waals surface area (Å²) in [6, 6.07) is 7.49. The van der Waals surface area contributed by atoms with Crippen LogP contribution in [0.5, 0.6) is 5.75 Å². The predicted octanol–water partition coefficient (Wildman–Crippen LogP) is 1.58. The third kappa shape index (κ3) is 1.95. The van der Waals surface area contributed by atoms with Crippen LogP contribution in [-0.4, -0.2) is 18.9 Å². The molecule has 0 aromatic heterocycles. The number of hydrogen-bond acceptors (Lipinski definition) is 3. The molecule has 0 bridgehead atoms. The average Bonchev–Trinajstić information content (AvgIpc) is 2.58. The van der Waals surface area contributed by atoms with E-state index in [1.54, 1.807) is 20.1 Å². The SMILES string of the molecule is COc1ccccc1/C=C1/N=C(C)NC1=O. The number of nitrogens with zero attached hydrogens (tertiary/aromatic N) is 1. The third-order valence-corrected chi connectivity index (χ3v) is 2.25. The van der Waals surface area contributed by atoms with Crippen LogP contribution in [0.15, 0.2) is 35.0 Å². The smallest absolute Gasteiger partial charge is 0.275 e. The number of aliphatic imine (C=N–C) groups is 1. The quantitative estimate of drug-likeness (QED) is 0.763. The first-order chi connectivity index (χ1) is 7.70.